The normalized spacial score (nSPS) is 16.8. The Labute approximate surface area is 216 Å². The topological polar surface area (TPSA) is 60.8 Å². The molecule has 5 rings (SSSR count). The first kappa shape index (κ1) is 24.5. The molecule has 0 bridgehead atoms. The number of fused-ring (bicyclic) bond motifs is 2. The van der Waals surface area contributed by atoms with E-state index in [1.807, 2.05) is 48.5 Å². The van der Waals surface area contributed by atoms with Gasteiger partial charge in [-0.05, 0) is 110 Å². The van der Waals surface area contributed by atoms with E-state index in [0.29, 0.717) is 12.2 Å². The maximum absolute atomic E-state index is 13.6. The molecule has 0 saturated heterocycles. The number of H-pyrrole nitrogens is 1. The molecule has 4 nitrogen and oxygen atoms in total. The quantitative estimate of drug-likeness (QED) is 0.230. The van der Waals surface area contributed by atoms with Crippen LogP contribution in [0.15, 0.2) is 66.9 Å². The minimum atomic E-state index is -0.616. The first-order valence-electron chi connectivity index (χ1n) is 12.5. The molecule has 0 amide bonds. The predicted octanol–water partition coefficient (Wildman–Crippen LogP) is 7.00. The zero-order chi connectivity index (χ0) is 25.0. The Hall–Kier alpha value is -3.17. The van der Waals surface area contributed by atoms with Crippen LogP contribution in [0.4, 0.5) is 4.39 Å². The maximum atomic E-state index is 13.6. The van der Waals surface area contributed by atoms with Crippen molar-refractivity contribution in [3.8, 4) is 6.07 Å². The average Bonchev–Trinajstić information content (AvgIpc) is 3.47. The molecule has 1 unspecified atom stereocenters. The highest BCUT2D eigenvalue weighted by atomic mass is 35.5. The molecule has 1 aliphatic heterocycles. The van der Waals surface area contributed by atoms with Gasteiger partial charge in [-0.15, -0.1) is 0 Å². The number of benzene rings is 3. The number of aromatic amines is 1. The molecular weight excluding hydrogens is 473 g/mol. The van der Waals surface area contributed by atoms with Crippen LogP contribution < -0.4 is 5.32 Å². The lowest BCUT2D eigenvalue weighted by Gasteiger charge is -2.30. The Morgan fingerprint density at radius 2 is 1.86 bits per heavy atom. The number of nitriles is 1. The molecule has 1 aromatic heterocycles. The van der Waals surface area contributed by atoms with Gasteiger partial charge in [0, 0.05) is 22.1 Å². The SMILES string of the molecule is N#Cc1ccc2c(c1)COC2(CCCNCCCCc1c[nH]c2ccc(Cl)cc12)c1ccc(F)cc1. The predicted molar refractivity (Wildman–Crippen MR) is 141 cm³/mol. The van der Waals surface area contributed by atoms with Crippen molar-refractivity contribution in [1.29, 1.82) is 5.26 Å². The van der Waals surface area contributed by atoms with E-state index >= 15 is 0 Å². The van der Waals surface area contributed by atoms with Crippen molar-refractivity contribution in [1.82, 2.24) is 10.3 Å². The van der Waals surface area contributed by atoms with E-state index in [9.17, 15) is 9.65 Å². The van der Waals surface area contributed by atoms with Crippen molar-refractivity contribution in [2.75, 3.05) is 13.1 Å². The molecule has 2 heterocycles. The van der Waals surface area contributed by atoms with Crippen LogP contribution in [0.1, 0.15) is 53.5 Å². The number of ether oxygens (including phenoxy) is 1. The Morgan fingerprint density at radius 3 is 2.69 bits per heavy atom. The summed E-state index contributed by atoms with van der Waals surface area (Å²) in [5.41, 5.74) is 5.51. The summed E-state index contributed by atoms with van der Waals surface area (Å²) in [5, 5.41) is 14.8. The second-order valence-electron chi connectivity index (χ2n) is 9.42. The third-order valence-electron chi connectivity index (χ3n) is 7.12. The number of hydrogen-bond acceptors (Lipinski definition) is 3. The number of aromatic nitrogens is 1. The molecule has 4 aromatic rings. The number of unbranched alkanes of at least 4 members (excludes halogenated alkanes) is 1. The molecule has 184 valence electrons. The van der Waals surface area contributed by atoms with Crippen molar-refractivity contribution >= 4 is 22.5 Å². The number of hydrogen-bond donors (Lipinski definition) is 2. The van der Waals surface area contributed by atoms with Gasteiger partial charge in [0.15, 0.2) is 0 Å². The lowest BCUT2D eigenvalue weighted by molar-refractivity contribution is -0.0129. The van der Waals surface area contributed by atoms with Crippen molar-refractivity contribution in [2.45, 2.75) is 44.3 Å². The van der Waals surface area contributed by atoms with Gasteiger partial charge in [0.05, 0.1) is 18.2 Å². The maximum Gasteiger partial charge on any atom is 0.123 e. The van der Waals surface area contributed by atoms with E-state index in [1.54, 1.807) is 0 Å². The van der Waals surface area contributed by atoms with Gasteiger partial charge in [-0.25, -0.2) is 4.39 Å². The van der Waals surface area contributed by atoms with Crippen molar-refractivity contribution < 1.29 is 9.13 Å². The second kappa shape index (κ2) is 10.8. The van der Waals surface area contributed by atoms with E-state index < -0.39 is 5.60 Å². The summed E-state index contributed by atoms with van der Waals surface area (Å²) in [6.07, 6.45) is 6.99. The van der Waals surface area contributed by atoms with Crippen molar-refractivity contribution in [3.05, 3.63) is 106 Å². The summed E-state index contributed by atoms with van der Waals surface area (Å²) < 4.78 is 20.0. The fourth-order valence-corrected chi connectivity index (χ4v) is 5.45. The summed E-state index contributed by atoms with van der Waals surface area (Å²) in [6.45, 7) is 2.28. The van der Waals surface area contributed by atoms with Crippen LogP contribution in [0.3, 0.4) is 0 Å². The van der Waals surface area contributed by atoms with Crippen LogP contribution in [0, 0.1) is 17.1 Å². The van der Waals surface area contributed by atoms with E-state index in [0.717, 1.165) is 72.4 Å². The van der Waals surface area contributed by atoms with Gasteiger partial charge in [0.2, 0.25) is 0 Å². The summed E-state index contributed by atoms with van der Waals surface area (Å²) in [5.74, 6) is -0.260. The molecule has 2 N–H and O–H groups in total. The zero-order valence-corrected chi connectivity index (χ0v) is 20.9. The van der Waals surface area contributed by atoms with Gasteiger partial charge in [-0.1, -0.05) is 29.8 Å². The number of halogens is 2. The Bertz CT molecular complexity index is 1390. The van der Waals surface area contributed by atoms with E-state index in [4.69, 9.17) is 16.3 Å². The molecule has 3 aromatic carbocycles. The van der Waals surface area contributed by atoms with Gasteiger partial charge >= 0.3 is 0 Å². The fraction of sp³-hybridized carbons (Fsp3) is 0.300. The molecule has 0 saturated carbocycles. The Morgan fingerprint density at radius 1 is 1.03 bits per heavy atom. The van der Waals surface area contributed by atoms with Crippen LogP contribution in [0.2, 0.25) is 5.02 Å². The average molecular weight is 502 g/mol. The highest BCUT2D eigenvalue weighted by Crippen LogP contribution is 2.45. The molecule has 0 fully saturated rings. The summed E-state index contributed by atoms with van der Waals surface area (Å²) >= 11 is 6.16. The zero-order valence-electron chi connectivity index (χ0n) is 20.1. The molecule has 6 heteroatoms. The fourth-order valence-electron chi connectivity index (χ4n) is 5.27. The van der Waals surface area contributed by atoms with E-state index in [-0.39, 0.29) is 5.82 Å². The molecule has 0 aliphatic carbocycles. The summed E-state index contributed by atoms with van der Waals surface area (Å²) in [7, 11) is 0. The third kappa shape index (κ3) is 5.03. The minimum absolute atomic E-state index is 0.260. The van der Waals surface area contributed by atoms with Gasteiger partial charge in [0.25, 0.3) is 0 Å². The van der Waals surface area contributed by atoms with Crippen LogP contribution in [-0.4, -0.2) is 18.1 Å². The smallest absolute Gasteiger partial charge is 0.123 e. The summed E-state index contributed by atoms with van der Waals surface area (Å²) in [4.78, 5) is 3.32. The molecule has 0 radical (unpaired) electrons. The number of nitrogens with one attached hydrogen (secondary N) is 2. The van der Waals surface area contributed by atoms with Gasteiger partial charge in [-0.3, -0.25) is 0 Å². The summed E-state index contributed by atoms with van der Waals surface area (Å²) in [6, 6.07) is 20.5. The Kier molecular flexibility index (Phi) is 7.38. The van der Waals surface area contributed by atoms with Crippen LogP contribution in [0.5, 0.6) is 0 Å². The van der Waals surface area contributed by atoms with Crippen molar-refractivity contribution in [3.63, 3.8) is 0 Å². The lowest BCUT2D eigenvalue weighted by atomic mass is 9.81. The highest BCUT2D eigenvalue weighted by molar-refractivity contribution is 6.31. The largest absolute Gasteiger partial charge is 0.361 e. The molecule has 1 atom stereocenters. The molecular formula is C30H29ClFN3O. The number of nitrogens with zero attached hydrogens (tertiary/aromatic N) is 1. The lowest BCUT2D eigenvalue weighted by Crippen LogP contribution is -2.29. The van der Waals surface area contributed by atoms with Gasteiger partial charge < -0.3 is 15.0 Å². The highest BCUT2D eigenvalue weighted by Gasteiger charge is 2.41. The van der Waals surface area contributed by atoms with Crippen LogP contribution in [-0.2, 0) is 23.4 Å². The van der Waals surface area contributed by atoms with Gasteiger partial charge in [-0.2, -0.15) is 5.26 Å². The van der Waals surface area contributed by atoms with Crippen LogP contribution in [0.25, 0.3) is 10.9 Å². The number of rotatable bonds is 10. The molecule has 1 aliphatic rings. The second-order valence-corrected chi connectivity index (χ2v) is 9.86. The third-order valence-corrected chi connectivity index (χ3v) is 7.35. The molecule has 0 spiro atoms. The van der Waals surface area contributed by atoms with E-state index in [1.165, 1.54) is 23.1 Å². The van der Waals surface area contributed by atoms with Gasteiger partial charge in [0.1, 0.15) is 11.4 Å². The van der Waals surface area contributed by atoms with Crippen molar-refractivity contribution in [2.24, 2.45) is 0 Å². The van der Waals surface area contributed by atoms with E-state index in [2.05, 4.69) is 22.6 Å². The van der Waals surface area contributed by atoms with Crippen LogP contribution >= 0.6 is 11.6 Å². The number of aryl methyl sites for hydroxylation is 1. The molecule has 36 heavy (non-hydrogen) atoms. The first-order valence-corrected chi connectivity index (χ1v) is 12.9. The standard InChI is InChI=1S/C30H29ClFN3O/c31-25-8-12-29-27(17-25)22(19-35-29)4-1-2-14-34-15-3-13-30(24-6-9-26(32)10-7-24)28-11-5-21(18-33)16-23(28)20-36-30/h5-12,16-17,19,34-35H,1-4,13-15,20H2. The Balaban J connectivity index is 1.15. The first-order chi connectivity index (χ1) is 17.6. The minimum Gasteiger partial charge on any atom is -0.361 e. The monoisotopic (exact) mass is 501 g/mol.